The maximum Gasteiger partial charge on any atom is 0.237 e. The van der Waals surface area contributed by atoms with Gasteiger partial charge in [0, 0.05) is 6.42 Å². The molecule has 19 heavy (non-hydrogen) atoms. The molecule has 1 fully saturated rings. The van der Waals surface area contributed by atoms with Gasteiger partial charge in [-0.2, -0.15) is 0 Å². The highest BCUT2D eigenvalue weighted by atomic mass is 16.2. The van der Waals surface area contributed by atoms with Crippen LogP contribution in [0.5, 0.6) is 0 Å². The number of carbonyl (C=O) groups is 2. The predicted molar refractivity (Wildman–Crippen MR) is 74.6 cm³/mol. The Morgan fingerprint density at radius 2 is 1.79 bits per heavy atom. The van der Waals surface area contributed by atoms with Gasteiger partial charge >= 0.3 is 0 Å². The van der Waals surface area contributed by atoms with Gasteiger partial charge in [-0.25, -0.2) is 0 Å². The summed E-state index contributed by atoms with van der Waals surface area (Å²) in [6.45, 7) is 6.11. The normalized spacial score (nSPS) is 26.1. The Labute approximate surface area is 114 Å². The van der Waals surface area contributed by atoms with Crippen molar-refractivity contribution < 1.29 is 9.59 Å². The Hall–Kier alpha value is -1.64. The monoisotopic (exact) mass is 259 g/mol. The summed E-state index contributed by atoms with van der Waals surface area (Å²) >= 11 is 0. The third-order valence-electron chi connectivity index (χ3n) is 4.29. The first-order chi connectivity index (χ1) is 8.94. The summed E-state index contributed by atoms with van der Waals surface area (Å²) in [4.78, 5) is 24.3. The average Bonchev–Trinajstić information content (AvgIpc) is 2.34. The average molecular weight is 259 g/mol. The highest BCUT2D eigenvalue weighted by Gasteiger charge is 2.55. The van der Waals surface area contributed by atoms with E-state index >= 15 is 0 Å². The molecule has 102 valence electrons. The number of hydrogen-bond donors (Lipinski definition) is 1. The third-order valence-corrected chi connectivity index (χ3v) is 4.29. The van der Waals surface area contributed by atoms with Crippen LogP contribution in [0, 0.1) is 5.41 Å². The van der Waals surface area contributed by atoms with Crippen molar-refractivity contribution in [2.75, 3.05) is 0 Å². The highest BCUT2D eigenvalue weighted by Crippen LogP contribution is 2.49. The van der Waals surface area contributed by atoms with Crippen molar-refractivity contribution in [2.45, 2.75) is 45.4 Å². The van der Waals surface area contributed by atoms with E-state index in [0.29, 0.717) is 6.42 Å². The van der Waals surface area contributed by atoms with Crippen LogP contribution in [-0.2, 0) is 15.0 Å². The lowest BCUT2D eigenvalue weighted by molar-refractivity contribution is -0.145. The summed E-state index contributed by atoms with van der Waals surface area (Å²) in [6, 6.07) is 9.83. The van der Waals surface area contributed by atoms with E-state index in [-0.39, 0.29) is 17.2 Å². The van der Waals surface area contributed by atoms with Crippen molar-refractivity contribution in [3.63, 3.8) is 0 Å². The zero-order valence-electron chi connectivity index (χ0n) is 11.8. The van der Waals surface area contributed by atoms with E-state index in [1.807, 2.05) is 44.2 Å². The van der Waals surface area contributed by atoms with Gasteiger partial charge in [0.1, 0.15) is 0 Å². The van der Waals surface area contributed by atoms with Crippen LogP contribution >= 0.6 is 0 Å². The van der Waals surface area contributed by atoms with E-state index in [0.717, 1.165) is 18.4 Å². The van der Waals surface area contributed by atoms with Crippen molar-refractivity contribution in [2.24, 2.45) is 5.41 Å². The van der Waals surface area contributed by atoms with Gasteiger partial charge in [0.2, 0.25) is 11.8 Å². The molecule has 1 heterocycles. The summed E-state index contributed by atoms with van der Waals surface area (Å²) in [6.07, 6.45) is 2.04. The molecule has 3 heteroatoms. The molecule has 0 saturated carbocycles. The number of nitrogens with one attached hydrogen (secondary N) is 1. The Morgan fingerprint density at radius 1 is 1.16 bits per heavy atom. The lowest BCUT2D eigenvalue weighted by Gasteiger charge is -2.48. The first kappa shape index (κ1) is 13.8. The van der Waals surface area contributed by atoms with Crippen molar-refractivity contribution in [1.29, 1.82) is 0 Å². The Kier molecular flexibility index (Phi) is 3.48. The van der Waals surface area contributed by atoms with Crippen LogP contribution in [0.3, 0.4) is 0 Å². The Morgan fingerprint density at radius 3 is 2.32 bits per heavy atom. The Bertz CT molecular complexity index is 493. The van der Waals surface area contributed by atoms with Gasteiger partial charge in [0.15, 0.2) is 0 Å². The molecular weight excluding hydrogens is 238 g/mol. The minimum atomic E-state index is -0.614. The maximum atomic E-state index is 12.6. The maximum absolute atomic E-state index is 12.6. The summed E-state index contributed by atoms with van der Waals surface area (Å²) in [5.74, 6) is -0.320. The molecule has 2 rings (SSSR count). The van der Waals surface area contributed by atoms with Crippen LogP contribution in [0.1, 0.15) is 45.6 Å². The SMILES string of the molecule is CCCC1(c2ccccc2)C(=O)NC(=O)CC1(C)C. The molecule has 0 aliphatic carbocycles. The number of benzene rings is 1. The van der Waals surface area contributed by atoms with Crippen LogP contribution in [0.25, 0.3) is 0 Å². The molecule has 1 aliphatic rings. The van der Waals surface area contributed by atoms with Crippen LogP contribution in [0.2, 0.25) is 0 Å². The number of rotatable bonds is 3. The van der Waals surface area contributed by atoms with Gasteiger partial charge in [-0.15, -0.1) is 0 Å². The van der Waals surface area contributed by atoms with E-state index in [4.69, 9.17) is 0 Å². The number of imide groups is 1. The molecule has 0 bridgehead atoms. The van der Waals surface area contributed by atoms with Gasteiger partial charge < -0.3 is 0 Å². The predicted octanol–water partition coefficient (Wildman–Crippen LogP) is 2.80. The van der Waals surface area contributed by atoms with E-state index in [1.54, 1.807) is 0 Å². The summed E-state index contributed by atoms with van der Waals surface area (Å²) in [5, 5.41) is 2.53. The summed E-state index contributed by atoms with van der Waals surface area (Å²) < 4.78 is 0. The first-order valence-corrected chi connectivity index (χ1v) is 6.84. The smallest absolute Gasteiger partial charge is 0.237 e. The highest BCUT2D eigenvalue weighted by molar-refractivity contribution is 6.04. The summed E-state index contributed by atoms with van der Waals surface area (Å²) in [5.41, 5.74) is 0.0209. The van der Waals surface area contributed by atoms with Crippen LogP contribution in [0.4, 0.5) is 0 Å². The fraction of sp³-hybridized carbons (Fsp3) is 0.500. The van der Waals surface area contributed by atoms with Crippen molar-refractivity contribution >= 4 is 11.8 Å². The number of hydrogen-bond acceptors (Lipinski definition) is 2. The Balaban J connectivity index is 2.60. The lowest BCUT2D eigenvalue weighted by Crippen LogP contribution is -2.60. The topological polar surface area (TPSA) is 46.2 Å². The van der Waals surface area contributed by atoms with Gasteiger partial charge in [0.05, 0.1) is 5.41 Å². The quantitative estimate of drug-likeness (QED) is 0.848. The molecule has 2 amide bonds. The fourth-order valence-electron chi connectivity index (χ4n) is 3.35. The van der Waals surface area contributed by atoms with Crippen molar-refractivity contribution in [3.8, 4) is 0 Å². The minimum Gasteiger partial charge on any atom is -0.296 e. The molecule has 1 aromatic carbocycles. The number of carbonyl (C=O) groups excluding carboxylic acids is 2. The fourth-order valence-corrected chi connectivity index (χ4v) is 3.35. The van der Waals surface area contributed by atoms with Crippen molar-refractivity contribution in [1.82, 2.24) is 5.32 Å². The number of amides is 2. The van der Waals surface area contributed by atoms with Gasteiger partial charge in [-0.05, 0) is 17.4 Å². The molecule has 1 atom stereocenters. The molecular formula is C16H21NO2. The second-order valence-electron chi connectivity index (χ2n) is 5.96. The van der Waals surface area contributed by atoms with Crippen LogP contribution in [0.15, 0.2) is 30.3 Å². The second kappa shape index (κ2) is 4.80. The molecule has 3 nitrogen and oxygen atoms in total. The second-order valence-corrected chi connectivity index (χ2v) is 5.96. The van der Waals surface area contributed by atoms with Gasteiger partial charge in [-0.3, -0.25) is 14.9 Å². The van der Waals surface area contributed by atoms with Crippen LogP contribution in [-0.4, -0.2) is 11.8 Å². The molecule has 1 aromatic rings. The van der Waals surface area contributed by atoms with E-state index in [9.17, 15) is 9.59 Å². The zero-order chi connectivity index (χ0) is 14.1. The largest absolute Gasteiger partial charge is 0.296 e. The minimum absolute atomic E-state index is 0.151. The number of piperidine rings is 1. The first-order valence-electron chi connectivity index (χ1n) is 6.84. The molecule has 1 unspecified atom stereocenters. The van der Waals surface area contributed by atoms with E-state index < -0.39 is 5.41 Å². The zero-order valence-corrected chi connectivity index (χ0v) is 11.8. The van der Waals surface area contributed by atoms with E-state index in [1.165, 1.54) is 0 Å². The lowest BCUT2D eigenvalue weighted by atomic mass is 9.56. The standard InChI is InChI=1S/C16H21NO2/c1-4-10-16(12-8-6-5-7-9-12)14(19)17-13(18)11-15(16,2)3/h5-9H,4,10-11H2,1-3H3,(H,17,18,19). The summed E-state index contributed by atoms with van der Waals surface area (Å²) in [7, 11) is 0. The van der Waals surface area contributed by atoms with Crippen LogP contribution < -0.4 is 5.32 Å². The molecule has 0 spiro atoms. The molecule has 0 aromatic heterocycles. The van der Waals surface area contributed by atoms with Gasteiger partial charge in [0.25, 0.3) is 0 Å². The molecule has 1 aliphatic heterocycles. The molecule has 1 saturated heterocycles. The third kappa shape index (κ3) is 2.07. The molecule has 1 N–H and O–H groups in total. The molecule has 0 radical (unpaired) electrons. The van der Waals surface area contributed by atoms with Gasteiger partial charge in [-0.1, -0.05) is 57.5 Å². The van der Waals surface area contributed by atoms with E-state index in [2.05, 4.69) is 12.2 Å². The van der Waals surface area contributed by atoms with Crippen molar-refractivity contribution in [3.05, 3.63) is 35.9 Å².